The van der Waals surface area contributed by atoms with Crippen LogP contribution in [0.1, 0.15) is 23.6 Å². The van der Waals surface area contributed by atoms with Crippen LogP contribution in [0.15, 0.2) is 42.5 Å². The molecule has 1 atom stereocenters. The number of carbonyl (C=O) groups excluding carboxylic acids is 3. The zero-order chi connectivity index (χ0) is 20.8. The predicted molar refractivity (Wildman–Crippen MR) is 110 cm³/mol. The summed E-state index contributed by atoms with van der Waals surface area (Å²) in [5.74, 6) is -0.785. The lowest BCUT2D eigenvalue weighted by Crippen LogP contribution is -2.45. The van der Waals surface area contributed by atoms with Gasteiger partial charge in [-0.05, 0) is 36.6 Å². The minimum absolute atomic E-state index is 0.269. The molecule has 0 spiro atoms. The van der Waals surface area contributed by atoms with E-state index in [0.29, 0.717) is 23.7 Å². The Labute approximate surface area is 178 Å². The van der Waals surface area contributed by atoms with Gasteiger partial charge in [-0.1, -0.05) is 53.5 Å². The van der Waals surface area contributed by atoms with Crippen LogP contribution in [0.3, 0.4) is 0 Å². The minimum atomic E-state index is -1.35. The molecule has 2 aromatic carbocycles. The van der Waals surface area contributed by atoms with Crippen molar-refractivity contribution in [1.29, 1.82) is 0 Å². The van der Waals surface area contributed by atoms with Crippen LogP contribution in [0.4, 0.5) is 4.79 Å². The van der Waals surface area contributed by atoms with E-state index in [0.717, 1.165) is 16.9 Å². The lowest BCUT2D eigenvalue weighted by molar-refractivity contribution is -0.139. The summed E-state index contributed by atoms with van der Waals surface area (Å²) >= 11 is 12.2. The second-order valence-electron chi connectivity index (χ2n) is 7.40. The molecule has 2 aromatic rings. The van der Waals surface area contributed by atoms with Gasteiger partial charge in [0.2, 0.25) is 5.91 Å². The Morgan fingerprint density at radius 2 is 1.86 bits per heavy atom. The third-order valence-corrected chi connectivity index (χ3v) is 6.07. The fraction of sp³-hybridized carbons (Fsp3) is 0.286. The van der Waals surface area contributed by atoms with Crippen LogP contribution in [-0.4, -0.2) is 40.7 Å². The van der Waals surface area contributed by atoms with E-state index in [2.05, 4.69) is 11.4 Å². The fourth-order valence-electron chi connectivity index (χ4n) is 3.86. The van der Waals surface area contributed by atoms with Crippen molar-refractivity contribution in [2.45, 2.75) is 25.4 Å². The maximum absolute atomic E-state index is 13.1. The fourth-order valence-corrected chi connectivity index (χ4v) is 4.46. The normalized spacial score (nSPS) is 21.2. The van der Waals surface area contributed by atoms with Gasteiger partial charge in [0, 0.05) is 28.7 Å². The van der Waals surface area contributed by atoms with Gasteiger partial charge in [-0.3, -0.25) is 14.5 Å². The molecule has 0 saturated carbocycles. The number of nitrogens with zero attached hydrogens (tertiary/aromatic N) is 2. The Hall–Kier alpha value is -2.57. The van der Waals surface area contributed by atoms with Crippen LogP contribution in [0.25, 0.3) is 0 Å². The number of carbonyl (C=O) groups is 3. The Morgan fingerprint density at radius 3 is 2.59 bits per heavy atom. The summed E-state index contributed by atoms with van der Waals surface area (Å²) < 4.78 is 0. The lowest BCUT2D eigenvalue weighted by atomic mass is 9.92. The molecule has 4 rings (SSSR count). The monoisotopic (exact) mass is 431 g/mol. The van der Waals surface area contributed by atoms with Crippen LogP contribution in [0.2, 0.25) is 10.0 Å². The molecule has 0 bridgehead atoms. The first-order valence-corrected chi connectivity index (χ1v) is 9.99. The smallest absolute Gasteiger partial charge is 0.325 e. The molecule has 0 radical (unpaired) electrons. The van der Waals surface area contributed by atoms with Crippen LogP contribution in [0.5, 0.6) is 0 Å². The summed E-state index contributed by atoms with van der Waals surface area (Å²) in [5.41, 5.74) is 1.38. The van der Waals surface area contributed by atoms with Gasteiger partial charge >= 0.3 is 6.03 Å². The number of imide groups is 1. The second kappa shape index (κ2) is 7.35. The lowest BCUT2D eigenvalue weighted by Gasteiger charge is -2.30. The SMILES string of the molecule is C[C@]1(c2ccc(Cl)cc2Cl)NC(=O)N(CC(=O)N2CCc3ccccc3C2)C1=O. The highest BCUT2D eigenvalue weighted by atomic mass is 35.5. The van der Waals surface area contributed by atoms with Gasteiger partial charge < -0.3 is 10.2 Å². The summed E-state index contributed by atoms with van der Waals surface area (Å²) in [6.45, 7) is 2.29. The van der Waals surface area contributed by atoms with E-state index in [1.807, 2.05) is 18.2 Å². The van der Waals surface area contributed by atoms with Gasteiger partial charge in [0.15, 0.2) is 0 Å². The van der Waals surface area contributed by atoms with Crippen molar-refractivity contribution in [3.05, 3.63) is 69.2 Å². The van der Waals surface area contributed by atoms with E-state index >= 15 is 0 Å². The summed E-state index contributed by atoms with van der Waals surface area (Å²) in [5, 5.41) is 3.37. The van der Waals surface area contributed by atoms with Crippen molar-refractivity contribution in [3.63, 3.8) is 0 Å². The number of nitrogens with one attached hydrogen (secondary N) is 1. The molecule has 2 aliphatic heterocycles. The van der Waals surface area contributed by atoms with Gasteiger partial charge in [-0.15, -0.1) is 0 Å². The molecule has 2 heterocycles. The van der Waals surface area contributed by atoms with E-state index in [1.54, 1.807) is 24.0 Å². The molecule has 1 saturated heterocycles. The van der Waals surface area contributed by atoms with Crippen molar-refractivity contribution in [2.75, 3.05) is 13.1 Å². The average molecular weight is 432 g/mol. The van der Waals surface area contributed by atoms with Gasteiger partial charge in [-0.2, -0.15) is 0 Å². The molecule has 0 unspecified atom stereocenters. The number of rotatable bonds is 3. The Morgan fingerprint density at radius 1 is 1.14 bits per heavy atom. The van der Waals surface area contributed by atoms with Crippen LogP contribution >= 0.6 is 23.2 Å². The van der Waals surface area contributed by atoms with Crippen molar-refractivity contribution in [1.82, 2.24) is 15.1 Å². The van der Waals surface area contributed by atoms with Crippen LogP contribution < -0.4 is 5.32 Å². The van der Waals surface area contributed by atoms with E-state index in [1.165, 1.54) is 11.6 Å². The number of amides is 4. The zero-order valence-corrected chi connectivity index (χ0v) is 17.3. The van der Waals surface area contributed by atoms with E-state index in [9.17, 15) is 14.4 Å². The van der Waals surface area contributed by atoms with Crippen LogP contribution in [0, 0.1) is 0 Å². The molecule has 1 N–H and O–H groups in total. The third kappa shape index (κ3) is 3.47. The molecule has 29 heavy (non-hydrogen) atoms. The standard InChI is InChI=1S/C21H19Cl2N3O3/c1-21(16-7-6-15(22)10-17(16)23)19(28)26(20(29)24-21)12-18(27)25-9-8-13-4-2-3-5-14(13)11-25/h2-7,10H,8-9,11-12H2,1H3,(H,24,29)/t21-/m1/s1. The van der Waals surface area contributed by atoms with Gasteiger partial charge in [0.1, 0.15) is 12.1 Å². The Bertz CT molecular complexity index is 1030. The van der Waals surface area contributed by atoms with Gasteiger partial charge in [-0.25, -0.2) is 4.79 Å². The van der Waals surface area contributed by atoms with Crippen molar-refractivity contribution in [2.24, 2.45) is 0 Å². The number of benzene rings is 2. The molecule has 6 nitrogen and oxygen atoms in total. The van der Waals surface area contributed by atoms with Gasteiger partial charge in [0.05, 0.1) is 0 Å². The third-order valence-electron chi connectivity index (χ3n) is 5.52. The highest BCUT2D eigenvalue weighted by Crippen LogP contribution is 2.35. The molecule has 4 amide bonds. The van der Waals surface area contributed by atoms with Crippen molar-refractivity contribution < 1.29 is 14.4 Å². The number of hydrogen-bond acceptors (Lipinski definition) is 3. The molecule has 150 valence electrons. The molecule has 2 aliphatic rings. The number of halogens is 2. The Balaban J connectivity index is 1.52. The minimum Gasteiger partial charge on any atom is -0.336 e. The van der Waals surface area contributed by atoms with E-state index < -0.39 is 17.5 Å². The Kier molecular flexibility index (Phi) is 5.00. The first-order chi connectivity index (χ1) is 13.8. The van der Waals surface area contributed by atoms with Crippen molar-refractivity contribution >= 4 is 41.0 Å². The predicted octanol–water partition coefficient (Wildman–Crippen LogP) is 3.35. The maximum atomic E-state index is 13.1. The molecular weight excluding hydrogens is 413 g/mol. The number of hydrogen-bond donors (Lipinski definition) is 1. The summed E-state index contributed by atoms with van der Waals surface area (Å²) in [4.78, 5) is 41.0. The van der Waals surface area contributed by atoms with Crippen molar-refractivity contribution in [3.8, 4) is 0 Å². The number of fused-ring (bicyclic) bond motifs is 1. The summed E-state index contributed by atoms with van der Waals surface area (Å²) in [7, 11) is 0. The number of urea groups is 1. The largest absolute Gasteiger partial charge is 0.336 e. The molecule has 0 aromatic heterocycles. The average Bonchev–Trinajstić information content (AvgIpc) is 2.91. The first kappa shape index (κ1) is 19.7. The summed E-state index contributed by atoms with van der Waals surface area (Å²) in [6.07, 6.45) is 0.750. The molecule has 1 fully saturated rings. The van der Waals surface area contributed by atoms with E-state index in [-0.39, 0.29) is 17.5 Å². The van der Waals surface area contributed by atoms with Gasteiger partial charge in [0.25, 0.3) is 5.91 Å². The second-order valence-corrected chi connectivity index (χ2v) is 8.25. The molecular formula is C21H19Cl2N3O3. The van der Waals surface area contributed by atoms with Crippen LogP contribution in [-0.2, 0) is 28.1 Å². The maximum Gasteiger partial charge on any atom is 0.325 e. The highest BCUT2D eigenvalue weighted by molar-refractivity contribution is 6.35. The zero-order valence-electron chi connectivity index (χ0n) is 15.7. The topological polar surface area (TPSA) is 69.7 Å². The highest BCUT2D eigenvalue weighted by Gasteiger charge is 2.50. The first-order valence-electron chi connectivity index (χ1n) is 9.24. The molecule has 0 aliphatic carbocycles. The van der Waals surface area contributed by atoms with E-state index in [4.69, 9.17) is 23.2 Å². The molecule has 8 heteroatoms. The quantitative estimate of drug-likeness (QED) is 0.757. The summed E-state index contributed by atoms with van der Waals surface area (Å²) in [6, 6.07) is 12.1.